The van der Waals surface area contributed by atoms with Crippen molar-refractivity contribution < 1.29 is 18.7 Å². The van der Waals surface area contributed by atoms with Crippen LogP contribution in [0.15, 0.2) is 18.2 Å². The second-order valence-corrected chi connectivity index (χ2v) is 4.72. The van der Waals surface area contributed by atoms with E-state index in [4.69, 9.17) is 10.5 Å². The predicted molar refractivity (Wildman–Crippen MR) is 75.1 cm³/mol. The first-order chi connectivity index (χ1) is 10.0. The third-order valence-electron chi connectivity index (χ3n) is 3.26. The van der Waals surface area contributed by atoms with Crippen LogP contribution in [-0.2, 0) is 9.53 Å². The van der Waals surface area contributed by atoms with E-state index in [0.29, 0.717) is 18.8 Å². The summed E-state index contributed by atoms with van der Waals surface area (Å²) in [6, 6.07) is 3.05. The van der Waals surface area contributed by atoms with Crippen LogP contribution in [-0.4, -0.2) is 49.1 Å². The van der Waals surface area contributed by atoms with Crippen LogP contribution in [0.4, 0.5) is 10.1 Å². The molecule has 0 spiro atoms. The molecular formula is C14H18FN3O3. The highest BCUT2D eigenvalue weighted by Gasteiger charge is 2.34. The SMILES string of the molecule is CCNC(=O)C1COCCN1C(=O)c1cc(N)ccc1F. The summed E-state index contributed by atoms with van der Waals surface area (Å²) in [6.07, 6.45) is 0. The standard InChI is InChI=1S/C14H18FN3O3/c1-2-17-13(19)12-8-21-6-5-18(12)14(20)10-7-9(16)3-4-11(10)15/h3-4,7,12H,2,5-6,8,16H2,1H3,(H,17,19). The number of hydrogen-bond acceptors (Lipinski definition) is 4. The number of amides is 2. The van der Waals surface area contributed by atoms with Crippen LogP contribution in [0.25, 0.3) is 0 Å². The fraction of sp³-hybridized carbons (Fsp3) is 0.429. The molecule has 0 radical (unpaired) electrons. The van der Waals surface area contributed by atoms with Crippen molar-refractivity contribution >= 4 is 17.5 Å². The first-order valence-corrected chi connectivity index (χ1v) is 6.76. The average molecular weight is 295 g/mol. The number of nitrogens with one attached hydrogen (secondary N) is 1. The van der Waals surface area contributed by atoms with Gasteiger partial charge >= 0.3 is 0 Å². The number of nitrogens with zero attached hydrogens (tertiary/aromatic N) is 1. The Kier molecular flexibility index (Phi) is 4.74. The molecule has 21 heavy (non-hydrogen) atoms. The van der Waals surface area contributed by atoms with Gasteiger partial charge in [0.1, 0.15) is 11.9 Å². The Balaban J connectivity index is 2.26. The van der Waals surface area contributed by atoms with Gasteiger partial charge in [-0.25, -0.2) is 4.39 Å². The van der Waals surface area contributed by atoms with Crippen LogP contribution in [0.5, 0.6) is 0 Å². The Labute approximate surface area is 122 Å². The van der Waals surface area contributed by atoms with Crippen LogP contribution in [0, 0.1) is 5.82 Å². The van der Waals surface area contributed by atoms with Crippen molar-refractivity contribution in [3.8, 4) is 0 Å². The zero-order chi connectivity index (χ0) is 15.4. The van der Waals surface area contributed by atoms with E-state index in [1.807, 2.05) is 0 Å². The van der Waals surface area contributed by atoms with Gasteiger partial charge in [-0.1, -0.05) is 0 Å². The zero-order valence-corrected chi connectivity index (χ0v) is 11.8. The maximum atomic E-state index is 13.8. The van der Waals surface area contributed by atoms with Gasteiger partial charge in [-0.3, -0.25) is 9.59 Å². The number of benzene rings is 1. The van der Waals surface area contributed by atoms with Crippen LogP contribution in [0.2, 0.25) is 0 Å². The summed E-state index contributed by atoms with van der Waals surface area (Å²) < 4.78 is 19.1. The lowest BCUT2D eigenvalue weighted by Crippen LogP contribution is -2.56. The van der Waals surface area contributed by atoms with Crippen molar-refractivity contribution in [2.75, 3.05) is 32.0 Å². The Hall–Kier alpha value is -2.15. The van der Waals surface area contributed by atoms with Crippen molar-refractivity contribution in [1.82, 2.24) is 10.2 Å². The average Bonchev–Trinajstić information content (AvgIpc) is 2.49. The molecule has 1 heterocycles. The molecule has 1 aromatic carbocycles. The summed E-state index contributed by atoms with van der Waals surface area (Å²) in [5.74, 6) is -1.52. The normalized spacial score (nSPS) is 18.4. The zero-order valence-electron chi connectivity index (χ0n) is 11.8. The Bertz CT molecular complexity index is 550. The largest absolute Gasteiger partial charge is 0.399 e. The maximum Gasteiger partial charge on any atom is 0.257 e. The number of carbonyl (C=O) groups excluding carboxylic acids is 2. The number of hydrogen-bond donors (Lipinski definition) is 2. The molecule has 0 aliphatic carbocycles. The van der Waals surface area contributed by atoms with Crippen molar-refractivity contribution in [1.29, 1.82) is 0 Å². The molecule has 1 aromatic rings. The lowest BCUT2D eigenvalue weighted by atomic mass is 10.1. The summed E-state index contributed by atoms with van der Waals surface area (Å²) in [5, 5.41) is 2.65. The van der Waals surface area contributed by atoms with Crippen LogP contribution >= 0.6 is 0 Å². The summed E-state index contributed by atoms with van der Waals surface area (Å²) in [4.78, 5) is 25.8. The van der Waals surface area contributed by atoms with Gasteiger partial charge in [0.05, 0.1) is 18.8 Å². The van der Waals surface area contributed by atoms with E-state index in [1.165, 1.54) is 17.0 Å². The van der Waals surface area contributed by atoms with Crippen LogP contribution < -0.4 is 11.1 Å². The minimum atomic E-state index is -0.757. The van der Waals surface area contributed by atoms with Crippen molar-refractivity contribution in [2.45, 2.75) is 13.0 Å². The highest BCUT2D eigenvalue weighted by Crippen LogP contribution is 2.18. The fourth-order valence-corrected chi connectivity index (χ4v) is 2.22. The number of anilines is 1. The molecular weight excluding hydrogens is 277 g/mol. The molecule has 114 valence electrons. The second kappa shape index (κ2) is 6.53. The lowest BCUT2D eigenvalue weighted by Gasteiger charge is -2.34. The van der Waals surface area contributed by atoms with E-state index < -0.39 is 17.8 Å². The van der Waals surface area contributed by atoms with Crippen LogP contribution in [0.1, 0.15) is 17.3 Å². The molecule has 1 fully saturated rings. The van der Waals surface area contributed by atoms with Crippen molar-refractivity contribution in [3.63, 3.8) is 0 Å². The lowest BCUT2D eigenvalue weighted by molar-refractivity contribution is -0.130. The number of likely N-dealkylation sites (N-methyl/N-ethyl adjacent to an activating group) is 1. The first-order valence-electron chi connectivity index (χ1n) is 6.76. The van der Waals surface area contributed by atoms with E-state index in [2.05, 4.69) is 5.32 Å². The number of rotatable bonds is 3. The molecule has 0 aromatic heterocycles. The summed E-state index contributed by atoms with van der Waals surface area (Å²) >= 11 is 0. The summed E-state index contributed by atoms with van der Waals surface area (Å²) in [7, 11) is 0. The molecule has 1 saturated heterocycles. The monoisotopic (exact) mass is 295 g/mol. The molecule has 7 heteroatoms. The van der Waals surface area contributed by atoms with Gasteiger partial charge in [0.2, 0.25) is 5.91 Å². The van der Waals surface area contributed by atoms with E-state index in [1.54, 1.807) is 6.92 Å². The summed E-state index contributed by atoms with van der Waals surface area (Å²) in [5.41, 5.74) is 5.76. The minimum Gasteiger partial charge on any atom is -0.399 e. The maximum absolute atomic E-state index is 13.8. The first kappa shape index (κ1) is 15.2. The third-order valence-corrected chi connectivity index (χ3v) is 3.26. The molecule has 2 amide bonds. The molecule has 3 N–H and O–H groups in total. The van der Waals surface area contributed by atoms with E-state index in [9.17, 15) is 14.0 Å². The highest BCUT2D eigenvalue weighted by atomic mass is 19.1. The van der Waals surface area contributed by atoms with Gasteiger partial charge in [-0.05, 0) is 25.1 Å². The number of ether oxygens (including phenoxy) is 1. The van der Waals surface area contributed by atoms with Gasteiger partial charge in [0.15, 0.2) is 0 Å². The summed E-state index contributed by atoms with van der Waals surface area (Å²) in [6.45, 7) is 2.87. The van der Waals surface area contributed by atoms with Gasteiger partial charge in [0, 0.05) is 18.8 Å². The molecule has 0 saturated carbocycles. The number of nitrogens with two attached hydrogens (primary N) is 1. The molecule has 0 bridgehead atoms. The minimum absolute atomic E-state index is 0.0987. The van der Waals surface area contributed by atoms with Crippen molar-refractivity contribution in [3.05, 3.63) is 29.6 Å². The van der Waals surface area contributed by atoms with Gasteiger partial charge in [-0.15, -0.1) is 0 Å². The predicted octanol–water partition coefficient (Wildman–Crippen LogP) is 0.385. The van der Waals surface area contributed by atoms with Gasteiger partial charge in [0.25, 0.3) is 5.91 Å². The Morgan fingerprint density at radius 3 is 3.00 bits per heavy atom. The second-order valence-electron chi connectivity index (χ2n) is 4.72. The van der Waals surface area contributed by atoms with Crippen LogP contribution in [0.3, 0.4) is 0 Å². The molecule has 1 aliphatic rings. The Morgan fingerprint density at radius 1 is 1.52 bits per heavy atom. The molecule has 1 aliphatic heterocycles. The highest BCUT2D eigenvalue weighted by molar-refractivity contribution is 5.98. The molecule has 1 atom stereocenters. The van der Waals surface area contributed by atoms with Crippen molar-refractivity contribution in [2.24, 2.45) is 0 Å². The van der Waals surface area contributed by atoms with E-state index in [-0.39, 0.29) is 24.6 Å². The molecule has 2 rings (SSSR count). The van der Waals surface area contributed by atoms with E-state index in [0.717, 1.165) is 6.07 Å². The number of halogens is 1. The number of morpholine rings is 1. The van der Waals surface area contributed by atoms with E-state index >= 15 is 0 Å². The number of nitrogen functional groups attached to an aromatic ring is 1. The molecule has 6 nitrogen and oxygen atoms in total. The number of carbonyl (C=O) groups is 2. The quantitative estimate of drug-likeness (QED) is 0.790. The molecule has 1 unspecified atom stereocenters. The Morgan fingerprint density at radius 2 is 2.29 bits per heavy atom. The third kappa shape index (κ3) is 3.30. The smallest absolute Gasteiger partial charge is 0.257 e. The fourth-order valence-electron chi connectivity index (χ4n) is 2.22. The topological polar surface area (TPSA) is 84.7 Å². The van der Waals surface area contributed by atoms with Gasteiger partial charge < -0.3 is 20.7 Å². The van der Waals surface area contributed by atoms with Gasteiger partial charge in [-0.2, -0.15) is 0 Å².